The van der Waals surface area contributed by atoms with Crippen molar-refractivity contribution in [3.63, 3.8) is 0 Å². The van der Waals surface area contributed by atoms with Gasteiger partial charge in [0, 0.05) is 0 Å². The molecule has 5 heteroatoms. The monoisotopic (exact) mass is 189 g/mol. The maximum Gasteiger partial charge on any atom is 0.100 e. The molecule has 0 saturated heterocycles. The van der Waals surface area contributed by atoms with Crippen LogP contribution in [0.5, 0.6) is 0 Å². The van der Waals surface area contributed by atoms with E-state index in [1.54, 1.807) is 0 Å². The average Bonchev–Trinajstić information content (AvgIpc) is 1.65. The zero-order valence-corrected chi connectivity index (χ0v) is 6.16. The average molecular weight is 190 g/mol. The minimum absolute atomic E-state index is 0. The van der Waals surface area contributed by atoms with Crippen LogP contribution in [-0.4, -0.2) is 34.6 Å². The molecule has 0 unspecified atom stereocenters. The van der Waals surface area contributed by atoms with Crippen LogP contribution in [0, 0.1) is 0 Å². The summed E-state index contributed by atoms with van der Waals surface area (Å²) in [6.45, 7) is -0.729. The second-order valence-corrected chi connectivity index (χ2v) is 1.02. The molecule has 0 aromatic carbocycles. The number of hydrogen-bond acceptors (Lipinski definition) is 4. The molecule has 0 amide bonds. The van der Waals surface area contributed by atoms with Crippen molar-refractivity contribution in [2.75, 3.05) is 13.2 Å². The summed E-state index contributed by atoms with van der Waals surface area (Å²) in [6.07, 6.45) is -0.954. The highest BCUT2D eigenvalue weighted by Crippen LogP contribution is 1.71. The first-order valence-electron chi connectivity index (χ1n) is 1.71. The highest BCUT2D eigenvalue weighted by molar-refractivity contribution is 8.93. The Morgan fingerprint density at radius 1 is 1.12 bits per heavy atom. The van der Waals surface area contributed by atoms with Crippen LogP contribution >= 0.6 is 17.0 Å². The molecule has 0 spiro atoms. The third kappa shape index (κ3) is 9.58. The molecule has 0 aromatic heterocycles. The van der Waals surface area contributed by atoms with Crippen LogP contribution in [0.15, 0.2) is 0 Å². The molecule has 0 aromatic rings. The van der Waals surface area contributed by atoms with E-state index in [1.807, 2.05) is 0 Å². The van der Waals surface area contributed by atoms with Crippen LogP contribution in [0.1, 0.15) is 0 Å². The minimum atomic E-state index is -0.954. The molecule has 0 rings (SSSR count). The van der Waals surface area contributed by atoms with Crippen molar-refractivity contribution >= 4 is 17.0 Å². The van der Waals surface area contributed by atoms with Crippen molar-refractivity contribution in [3.8, 4) is 0 Å². The lowest BCUT2D eigenvalue weighted by molar-refractivity contribution is 0.0450. The number of aliphatic hydroxyl groups is 3. The Bertz CT molecular complexity index is 33.7. The predicted molar refractivity (Wildman–Crippen MR) is 35.5 cm³/mol. The van der Waals surface area contributed by atoms with Crippen molar-refractivity contribution in [3.05, 3.63) is 0 Å². The van der Waals surface area contributed by atoms with Crippen molar-refractivity contribution in [1.29, 1.82) is 0 Å². The molecular weight excluding hydrogens is 178 g/mol. The van der Waals surface area contributed by atoms with Crippen LogP contribution in [0.3, 0.4) is 0 Å². The van der Waals surface area contributed by atoms with Gasteiger partial charge in [0.2, 0.25) is 0 Å². The number of aliphatic hydroxyl groups excluding tert-OH is 3. The quantitative estimate of drug-likeness (QED) is 0.452. The fourth-order valence-electron chi connectivity index (χ4n) is 0.0577. The van der Waals surface area contributed by atoms with E-state index in [1.165, 1.54) is 0 Å². The van der Waals surface area contributed by atoms with E-state index < -0.39 is 6.10 Å². The van der Waals surface area contributed by atoms with E-state index in [4.69, 9.17) is 15.3 Å². The molecule has 0 aliphatic heterocycles. The zero-order chi connectivity index (χ0) is 4.99. The maximum absolute atomic E-state index is 8.17. The topological polar surface area (TPSA) is 95.7 Å². The van der Waals surface area contributed by atoms with Crippen LogP contribution in [-0.2, 0) is 0 Å². The summed E-state index contributed by atoms with van der Waals surface area (Å²) in [6, 6.07) is 0. The van der Waals surface area contributed by atoms with Gasteiger partial charge in [0.05, 0.1) is 13.2 Å². The van der Waals surface area contributed by atoms with Gasteiger partial charge in [-0.15, -0.1) is 17.0 Å². The third-order valence-corrected chi connectivity index (χ3v) is 0.421. The van der Waals surface area contributed by atoms with E-state index in [9.17, 15) is 0 Å². The van der Waals surface area contributed by atoms with E-state index in [-0.39, 0.29) is 36.3 Å². The van der Waals surface area contributed by atoms with Gasteiger partial charge in [-0.25, -0.2) is 0 Å². The zero-order valence-electron chi connectivity index (χ0n) is 4.45. The molecule has 0 saturated carbocycles. The summed E-state index contributed by atoms with van der Waals surface area (Å²) < 4.78 is 0. The van der Waals surface area contributed by atoms with Crippen molar-refractivity contribution in [2.45, 2.75) is 6.10 Å². The highest BCUT2D eigenvalue weighted by Gasteiger charge is 1.93. The summed E-state index contributed by atoms with van der Waals surface area (Å²) in [5.41, 5.74) is 0. The Kier molecular flexibility index (Phi) is 20.3. The Hall–Kier alpha value is 0.320. The first kappa shape index (κ1) is 15.8. The van der Waals surface area contributed by atoms with Crippen LogP contribution < -0.4 is 6.15 Å². The standard InChI is InChI=1S/C3H8O3.BrH.H3N/c4-1-3(6)2-5;;/h3-6H,1-2H2;1H;1H3. The highest BCUT2D eigenvalue weighted by atomic mass is 79.9. The Morgan fingerprint density at radius 2 is 1.38 bits per heavy atom. The fraction of sp³-hybridized carbons (Fsp3) is 1.00. The van der Waals surface area contributed by atoms with Gasteiger partial charge in [-0.3, -0.25) is 0 Å². The van der Waals surface area contributed by atoms with Crippen LogP contribution in [0.25, 0.3) is 0 Å². The van der Waals surface area contributed by atoms with E-state index in [0.717, 1.165) is 0 Å². The molecule has 0 radical (unpaired) electrons. The van der Waals surface area contributed by atoms with Crippen molar-refractivity contribution in [2.24, 2.45) is 0 Å². The molecule has 0 fully saturated rings. The first-order chi connectivity index (χ1) is 2.81. The molecule has 4 nitrogen and oxygen atoms in total. The Balaban J connectivity index is -0.000000125. The molecule has 54 valence electrons. The Labute approximate surface area is 58.5 Å². The summed E-state index contributed by atoms with van der Waals surface area (Å²) in [7, 11) is 0. The maximum atomic E-state index is 8.17. The van der Waals surface area contributed by atoms with Gasteiger partial charge in [0.15, 0.2) is 0 Å². The van der Waals surface area contributed by atoms with Gasteiger partial charge in [-0.05, 0) is 0 Å². The van der Waals surface area contributed by atoms with Crippen LogP contribution in [0.4, 0.5) is 0 Å². The lowest BCUT2D eigenvalue weighted by atomic mass is 10.4. The third-order valence-electron chi connectivity index (χ3n) is 0.421. The van der Waals surface area contributed by atoms with Gasteiger partial charge in [-0.2, -0.15) is 0 Å². The van der Waals surface area contributed by atoms with E-state index in [0.29, 0.717) is 0 Å². The van der Waals surface area contributed by atoms with E-state index >= 15 is 0 Å². The summed E-state index contributed by atoms with van der Waals surface area (Å²) in [5.74, 6) is 0. The Morgan fingerprint density at radius 3 is 1.38 bits per heavy atom. The fourth-order valence-corrected chi connectivity index (χ4v) is 0.0577. The number of hydrogen-bond donors (Lipinski definition) is 4. The lowest BCUT2D eigenvalue weighted by Crippen LogP contribution is -2.15. The molecule has 0 atom stereocenters. The molecule has 6 N–H and O–H groups in total. The molecule has 8 heavy (non-hydrogen) atoms. The SMILES string of the molecule is Br.N.OCC(O)CO. The molecular formula is C3H12BrNO3. The molecule has 0 heterocycles. The van der Waals surface area contributed by atoms with Crippen LogP contribution in [0.2, 0.25) is 0 Å². The predicted octanol–water partition coefficient (Wildman–Crippen LogP) is -0.928. The first-order valence-corrected chi connectivity index (χ1v) is 1.71. The summed E-state index contributed by atoms with van der Waals surface area (Å²) >= 11 is 0. The smallest absolute Gasteiger partial charge is 0.100 e. The van der Waals surface area contributed by atoms with Gasteiger partial charge in [0.1, 0.15) is 6.10 Å². The second-order valence-electron chi connectivity index (χ2n) is 1.02. The number of rotatable bonds is 2. The second kappa shape index (κ2) is 10.3. The molecule has 0 aliphatic carbocycles. The molecule has 0 bridgehead atoms. The van der Waals surface area contributed by atoms with Gasteiger partial charge in [0.25, 0.3) is 0 Å². The van der Waals surface area contributed by atoms with Gasteiger partial charge in [-0.1, -0.05) is 0 Å². The molecule has 0 aliphatic rings. The van der Waals surface area contributed by atoms with Gasteiger partial charge < -0.3 is 21.5 Å². The largest absolute Gasteiger partial charge is 0.394 e. The van der Waals surface area contributed by atoms with Crippen molar-refractivity contribution < 1.29 is 15.3 Å². The van der Waals surface area contributed by atoms with E-state index in [2.05, 4.69) is 0 Å². The normalized spacial score (nSPS) is 7.50. The summed E-state index contributed by atoms with van der Waals surface area (Å²) in [5, 5.41) is 24.0. The number of halogens is 1. The van der Waals surface area contributed by atoms with Gasteiger partial charge >= 0.3 is 0 Å². The summed E-state index contributed by atoms with van der Waals surface area (Å²) in [4.78, 5) is 0. The lowest BCUT2D eigenvalue weighted by Gasteiger charge is -1.96. The minimum Gasteiger partial charge on any atom is -0.394 e. The van der Waals surface area contributed by atoms with Crippen molar-refractivity contribution in [1.82, 2.24) is 6.15 Å².